The number of urea groups is 1. The van der Waals surface area contributed by atoms with Crippen molar-refractivity contribution in [3.63, 3.8) is 0 Å². The SMILES string of the molecule is CNC(=O)N(N=N)c1ccc(F)cc1OCC(C)(C)F. The molecule has 0 saturated carbocycles. The average Bonchev–Trinajstić information content (AvgIpc) is 2.38. The highest BCUT2D eigenvalue weighted by molar-refractivity contribution is 5.92. The van der Waals surface area contributed by atoms with Crippen LogP contribution in [0.2, 0.25) is 0 Å². The molecule has 0 atom stereocenters. The molecule has 2 N–H and O–H groups in total. The number of amides is 2. The lowest BCUT2D eigenvalue weighted by atomic mass is 10.2. The topological polar surface area (TPSA) is 77.8 Å². The normalized spacial score (nSPS) is 10.8. The summed E-state index contributed by atoms with van der Waals surface area (Å²) in [5, 5.41) is 6.00. The molecule has 0 radical (unpaired) electrons. The van der Waals surface area contributed by atoms with Gasteiger partial charge in [-0.05, 0) is 26.0 Å². The summed E-state index contributed by atoms with van der Waals surface area (Å²) >= 11 is 0. The standard InChI is InChI=1S/C12H16F2N4O2/c1-12(2,14)7-20-10-6-8(13)4-5-9(10)18(17-15)11(19)16-3/h4-6,15H,7H2,1-3H3,(H,16,19). The van der Waals surface area contributed by atoms with Crippen molar-refractivity contribution < 1.29 is 18.3 Å². The van der Waals surface area contributed by atoms with Crippen LogP contribution in [0.15, 0.2) is 23.4 Å². The summed E-state index contributed by atoms with van der Waals surface area (Å²) in [5.74, 6) is -0.683. The Balaban J connectivity index is 3.12. The van der Waals surface area contributed by atoms with Crippen LogP contribution in [0.1, 0.15) is 13.8 Å². The van der Waals surface area contributed by atoms with Crippen molar-refractivity contribution in [2.24, 2.45) is 5.22 Å². The maximum atomic E-state index is 13.4. The molecule has 0 spiro atoms. The molecule has 0 aliphatic carbocycles. The molecule has 1 rings (SSSR count). The molecule has 6 nitrogen and oxygen atoms in total. The summed E-state index contributed by atoms with van der Waals surface area (Å²) in [6.45, 7) is 2.28. The Morgan fingerprint density at radius 2 is 2.20 bits per heavy atom. The lowest BCUT2D eigenvalue weighted by molar-refractivity contribution is 0.121. The van der Waals surface area contributed by atoms with E-state index in [-0.39, 0.29) is 18.0 Å². The number of nitrogens with one attached hydrogen (secondary N) is 2. The molecule has 0 fully saturated rings. The molecular formula is C12H16F2N4O2. The molecule has 0 heterocycles. The van der Waals surface area contributed by atoms with Crippen molar-refractivity contribution in [2.45, 2.75) is 19.5 Å². The van der Waals surface area contributed by atoms with E-state index in [1.165, 1.54) is 27.0 Å². The molecule has 1 aromatic carbocycles. The predicted molar refractivity (Wildman–Crippen MR) is 69.2 cm³/mol. The number of ether oxygens (including phenoxy) is 1. The zero-order valence-corrected chi connectivity index (χ0v) is 11.4. The van der Waals surface area contributed by atoms with Gasteiger partial charge in [-0.25, -0.2) is 13.6 Å². The molecule has 2 amide bonds. The van der Waals surface area contributed by atoms with Gasteiger partial charge in [-0.1, -0.05) is 5.22 Å². The monoisotopic (exact) mass is 286 g/mol. The van der Waals surface area contributed by atoms with Gasteiger partial charge in [-0.15, -0.1) is 0 Å². The molecule has 0 saturated heterocycles. The fraction of sp³-hybridized carbons (Fsp3) is 0.417. The van der Waals surface area contributed by atoms with Gasteiger partial charge in [0, 0.05) is 13.1 Å². The first kappa shape index (κ1) is 15.8. The van der Waals surface area contributed by atoms with E-state index in [0.29, 0.717) is 5.01 Å². The van der Waals surface area contributed by atoms with E-state index < -0.39 is 17.5 Å². The number of carbonyl (C=O) groups excluding carboxylic acids is 1. The molecule has 0 aromatic heterocycles. The molecule has 0 aliphatic heterocycles. The van der Waals surface area contributed by atoms with Gasteiger partial charge in [0.2, 0.25) is 0 Å². The lowest BCUT2D eigenvalue weighted by Gasteiger charge is -2.20. The number of nitrogens with zero attached hydrogens (tertiary/aromatic N) is 2. The maximum Gasteiger partial charge on any atom is 0.343 e. The fourth-order valence-electron chi connectivity index (χ4n) is 1.34. The zero-order chi connectivity index (χ0) is 15.3. The van der Waals surface area contributed by atoms with Crippen molar-refractivity contribution in [1.29, 1.82) is 5.53 Å². The maximum absolute atomic E-state index is 13.4. The van der Waals surface area contributed by atoms with E-state index >= 15 is 0 Å². The summed E-state index contributed by atoms with van der Waals surface area (Å²) < 4.78 is 31.9. The molecule has 0 bridgehead atoms. The minimum Gasteiger partial charge on any atom is -0.488 e. The summed E-state index contributed by atoms with van der Waals surface area (Å²) in [4.78, 5) is 11.6. The van der Waals surface area contributed by atoms with Crippen LogP contribution in [0.5, 0.6) is 5.75 Å². The van der Waals surface area contributed by atoms with Crippen molar-refractivity contribution in [1.82, 2.24) is 5.32 Å². The van der Waals surface area contributed by atoms with Crippen LogP contribution in [-0.4, -0.2) is 25.4 Å². The van der Waals surface area contributed by atoms with Gasteiger partial charge in [-0.3, -0.25) is 0 Å². The van der Waals surface area contributed by atoms with E-state index in [0.717, 1.165) is 12.1 Å². The van der Waals surface area contributed by atoms with Crippen LogP contribution < -0.4 is 15.1 Å². The largest absolute Gasteiger partial charge is 0.488 e. The van der Waals surface area contributed by atoms with E-state index in [1.54, 1.807) is 0 Å². The zero-order valence-electron chi connectivity index (χ0n) is 11.4. The smallest absolute Gasteiger partial charge is 0.343 e. The van der Waals surface area contributed by atoms with Crippen LogP contribution in [0.3, 0.4) is 0 Å². The number of benzene rings is 1. The Kier molecular flexibility index (Phi) is 4.95. The molecule has 1 aromatic rings. The van der Waals surface area contributed by atoms with Gasteiger partial charge in [-0.2, -0.15) is 10.5 Å². The Hall–Kier alpha value is -2.25. The van der Waals surface area contributed by atoms with Crippen molar-refractivity contribution in [3.05, 3.63) is 24.0 Å². The van der Waals surface area contributed by atoms with Gasteiger partial charge >= 0.3 is 6.03 Å². The first-order valence-corrected chi connectivity index (χ1v) is 5.79. The first-order valence-electron chi connectivity index (χ1n) is 5.79. The molecule has 110 valence electrons. The number of hydrogen-bond donors (Lipinski definition) is 2. The van der Waals surface area contributed by atoms with E-state index in [9.17, 15) is 13.6 Å². The number of rotatable bonds is 5. The molecule has 20 heavy (non-hydrogen) atoms. The predicted octanol–water partition coefficient (Wildman–Crippen LogP) is 3.04. The highest BCUT2D eigenvalue weighted by atomic mass is 19.1. The van der Waals surface area contributed by atoms with Crippen LogP contribution >= 0.6 is 0 Å². The van der Waals surface area contributed by atoms with Crippen molar-refractivity contribution in [3.8, 4) is 5.75 Å². The Morgan fingerprint density at radius 3 is 2.70 bits per heavy atom. The highest BCUT2D eigenvalue weighted by Crippen LogP contribution is 2.30. The van der Waals surface area contributed by atoms with Gasteiger partial charge < -0.3 is 10.1 Å². The van der Waals surface area contributed by atoms with Gasteiger partial charge in [0.15, 0.2) is 0 Å². The van der Waals surface area contributed by atoms with Gasteiger partial charge in [0.1, 0.15) is 29.5 Å². The quantitative estimate of drug-likeness (QED) is 0.644. The average molecular weight is 286 g/mol. The third kappa shape index (κ3) is 4.15. The minimum absolute atomic E-state index is 0.0463. The summed E-state index contributed by atoms with van der Waals surface area (Å²) in [6, 6.07) is 2.62. The van der Waals surface area contributed by atoms with Gasteiger partial charge in [0.05, 0.1) is 0 Å². The number of alkyl halides is 1. The summed E-state index contributed by atoms with van der Waals surface area (Å²) in [5.41, 5.74) is 5.42. The number of halogens is 2. The van der Waals surface area contributed by atoms with Crippen LogP contribution in [0.25, 0.3) is 0 Å². The van der Waals surface area contributed by atoms with Crippen molar-refractivity contribution >= 4 is 11.7 Å². The molecule has 0 unspecified atom stereocenters. The van der Waals surface area contributed by atoms with E-state index in [4.69, 9.17) is 10.3 Å². The Labute approximate surface area is 115 Å². The highest BCUT2D eigenvalue weighted by Gasteiger charge is 2.22. The fourth-order valence-corrected chi connectivity index (χ4v) is 1.34. The van der Waals surface area contributed by atoms with E-state index in [1.807, 2.05) is 0 Å². The molecule has 0 aliphatic rings. The Bertz CT molecular complexity index is 503. The number of anilines is 1. The second-order valence-electron chi connectivity index (χ2n) is 4.59. The van der Waals surface area contributed by atoms with Crippen molar-refractivity contribution in [2.75, 3.05) is 18.7 Å². The molecule has 8 heteroatoms. The lowest BCUT2D eigenvalue weighted by Crippen LogP contribution is -2.34. The van der Waals surface area contributed by atoms with Crippen LogP contribution in [-0.2, 0) is 0 Å². The van der Waals surface area contributed by atoms with Crippen LogP contribution in [0, 0.1) is 11.3 Å². The summed E-state index contributed by atoms with van der Waals surface area (Å²) in [7, 11) is 1.36. The number of hydrogen-bond acceptors (Lipinski definition) is 4. The second-order valence-corrected chi connectivity index (χ2v) is 4.59. The third-order valence-corrected chi connectivity index (χ3v) is 2.23. The van der Waals surface area contributed by atoms with Gasteiger partial charge in [0.25, 0.3) is 0 Å². The third-order valence-electron chi connectivity index (χ3n) is 2.23. The number of carbonyl (C=O) groups is 1. The summed E-state index contributed by atoms with van der Waals surface area (Å²) in [6.07, 6.45) is 0. The first-order chi connectivity index (χ1) is 9.28. The minimum atomic E-state index is -1.63. The van der Waals surface area contributed by atoms with E-state index in [2.05, 4.69) is 10.5 Å². The molecular weight excluding hydrogens is 270 g/mol. The second kappa shape index (κ2) is 6.27. The van der Waals surface area contributed by atoms with Crippen LogP contribution in [0.4, 0.5) is 19.3 Å². The Morgan fingerprint density at radius 1 is 1.55 bits per heavy atom.